The summed E-state index contributed by atoms with van der Waals surface area (Å²) >= 11 is 0. The topological polar surface area (TPSA) is 39.1 Å². The third-order valence-corrected chi connectivity index (χ3v) is 3.25. The fourth-order valence-electron chi connectivity index (χ4n) is 2.30. The molecule has 3 nitrogen and oxygen atoms in total. The molecule has 20 heavy (non-hydrogen) atoms. The molecule has 1 aromatic rings. The Hall–Kier alpha value is -1.65. The van der Waals surface area contributed by atoms with Crippen LogP contribution in [0.2, 0.25) is 0 Å². The maximum Gasteiger partial charge on any atom is 0.416 e. The third-order valence-electron chi connectivity index (χ3n) is 3.25. The molecule has 1 heterocycles. The first-order chi connectivity index (χ1) is 9.43. The molecule has 7 heteroatoms. The Kier molecular flexibility index (Phi) is 4.26. The molecule has 0 aliphatic carbocycles. The third kappa shape index (κ3) is 3.08. The monoisotopic (exact) mass is 287 g/mol. The van der Waals surface area contributed by atoms with Gasteiger partial charge in [0.15, 0.2) is 0 Å². The van der Waals surface area contributed by atoms with Gasteiger partial charge in [-0.2, -0.15) is 18.4 Å². The van der Waals surface area contributed by atoms with Crippen LogP contribution in [0.5, 0.6) is 0 Å². The van der Waals surface area contributed by atoms with Crippen molar-refractivity contribution in [3.05, 3.63) is 35.1 Å². The lowest BCUT2D eigenvalue weighted by Gasteiger charge is -2.32. The first-order valence-electron chi connectivity index (χ1n) is 6.14. The summed E-state index contributed by atoms with van der Waals surface area (Å²) in [7, 11) is 0. The summed E-state index contributed by atoms with van der Waals surface area (Å²) in [5.41, 5.74) is -1.27. The average Bonchev–Trinajstić information content (AvgIpc) is 2.41. The zero-order valence-corrected chi connectivity index (χ0v) is 10.5. The molecule has 0 saturated carbocycles. The van der Waals surface area contributed by atoms with Crippen LogP contribution in [0, 0.1) is 17.1 Å². The van der Waals surface area contributed by atoms with Gasteiger partial charge in [0.2, 0.25) is 0 Å². The van der Waals surface area contributed by atoms with Crippen LogP contribution in [0.25, 0.3) is 0 Å². The van der Waals surface area contributed by atoms with Crippen molar-refractivity contribution in [2.45, 2.75) is 12.2 Å². The Bertz CT molecular complexity index is 515. The van der Waals surface area contributed by atoms with E-state index in [0.29, 0.717) is 32.2 Å². The molecule has 2 rings (SSSR count). The highest BCUT2D eigenvalue weighted by molar-refractivity contribution is 5.36. The summed E-state index contributed by atoms with van der Waals surface area (Å²) in [6.45, 7) is 2.18. The molecule has 1 N–H and O–H groups in total. The van der Waals surface area contributed by atoms with Crippen LogP contribution in [0.15, 0.2) is 18.2 Å². The maximum absolute atomic E-state index is 13.1. The van der Waals surface area contributed by atoms with E-state index in [4.69, 9.17) is 0 Å². The smallest absolute Gasteiger partial charge is 0.314 e. The van der Waals surface area contributed by atoms with Crippen molar-refractivity contribution in [2.24, 2.45) is 0 Å². The SMILES string of the molecule is N#CC(c1ccc(F)cc1C(F)(F)F)N1CCNCC1. The summed E-state index contributed by atoms with van der Waals surface area (Å²) in [6, 6.07) is 3.33. The minimum Gasteiger partial charge on any atom is -0.314 e. The highest BCUT2D eigenvalue weighted by Crippen LogP contribution is 2.36. The molecule has 0 aromatic heterocycles. The van der Waals surface area contributed by atoms with Crippen LogP contribution in [0.1, 0.15) is 17.2 Å². The average molecular weight is 287 g/mol. The molecule has 0 radical (unpaired) electrons. The van der Waals surface area contributed by atoms with E-state index in [1.54, 1.807) is 4.90 Å². The second-order valence-corrected chi connectivity index (χ2v) is 4.55. The van der Waals surface area contributed by atoms with Crippen molar-refractivity contribution >= 4 is 0 Å². The molecule has 0 spiro atoms. The normalized spacial score (nSPS) is 18.6. The zero-order valence-electron chi connectivity index (χ0n) is 10.5. The molecule has 1 fully saturated rings. The Morgan fingerprint density at radius 2 is 1.90 bits per heavy atom. The predicted octanol–water partition coefficient (Wildman–Crippen LogP) is 2.31. The lowest BCUT2D eigenvalue weighted by molar-refractivity contribution is -0.138. The molecule has 1 aliphatic heterocycles. The lowest BCUT2D eigenvalue weighted by atomic mass is 9.98. The summed E-state index contributed by atoms with van der Waals surface area (Å²) < 4.78 is 52.0. The van der Waals surface area contributed by atoms with E-state index in [2.05, 4.69) is 5.32 Å². The van der Waals surface area contributed by atoms with Gasteiger partial charge in [0, 0.05) is 26.2 Å². The van der Waals surface area contributed by atoms with E-state index in [9.17, 15) is 22.8 Å². The first-order valence-corrected chi connectivity index (χ1v) is 6.14. The Balaban J connectivity index is 2.41. The number of nitrogens with one attached hydrogen (secondary N) is 1. The van der Waals surface area contributed by atoms with Crippen LogP contribution in [0.4, 0.5) is 17.6 Å². The van der Waals surface area contributed by atoms with Crippen LogP contribution < -0.4 is 5.32 Å². The Morgan fingerprint density at radius 1 is 1.25 bits per heavy atom. The minimum atomic E-state index is -4.68. The van der Waals surface area contributed by atoms with Gasteiger partial charge in [-0.3, -0.25) is 4.90 Å². The number of nitriles is 1. The number of benzene rings is 1. The van der Waals surface area contributed by atoms with E-state index >= 15 is 0 Å². The van der Waals surface area contributed by atoms with Gasteiger partial charge in [-0.15, -0.1) is 0 Å². The highest BCUT2D eigenvalue weighted by Gasteiger charge is 2.37. The second kappa shape index (κ2) is 5.77. The van der Waals surface area contributed by atoms with Crippen molar-refractivity contribution in [3.8, 4) is 6.07 Å². The molecule has 1 unspecified atom stereocenters. The largest absolute Gasteiger partial charge is 0.416 e. The highest BCUT2D eigenvalue weighted by atomic mass is 19.4. The number of hydrogen-bond donors (Lipinski definition) is 1. The van der Waals surface area contributed by atoms with Crippen molar-refractivity contribution < 1.29 is 17.6 Å². The number of nitrogens with zero attached hydrogens (tertiary/aromatic N) is 2. The maximum atomic E-state index is 13.1. The van der Waals surface area contributed by atoms with E-state index in [-0.39, 0.29) is 5.56 Å². The van der Waals surface area contributed by atoms with Crippen molar-refractivity contribution in [1.82, 2.24) is 10.2 Å². The van der Waals surface area contributed by atoms with E-state index in [1.165, 1.54) is 0 Å². The predicted molar refractivity (Wildman–Crippen MR) is 64.2 cm³/mol. The van der Waals surface area contributed by atoms with E-state index in [1.807, 2.05) is 6.07 Å². The molecule has 1 atom stereocenters. The second-order valence-electron chi connectivity index (χ2n) is 4.55. The van der Waals surface area contributed by atoms with Crippen molar-refractivity contribution in [3.63, 3.8) is 0 Å². The number of hydrogen-bond acceptors (Lipinski definition) is 3. The minimum absolute atomic E-state index is 0.191. The van der Waals surface area contributed by atoms with Gasteiger partial charge in [-0.1, -0.05) is 6.07 Å². The molecular weight excluding hydrogens is 274 g/mol. The molecule has 1 saturated heterocycles. The van der Waals surface area contributed by atoms with Gasteiger partial charge >= 0.3 is 6.18 Å². The number of rotatable bonds is 2. The van der Waals surface area contributed by atoms with Crippen molar-refractivity contribution in [1.29, 1.82) is 5.26 Å². The molecular formula is C13H13F4N3. The summed E-state index contributed by atoms with van der Waals surface area (Å²) in [6.07, 6.45) is -4.68. The number of halogens is 4. The number of alkyl halides is 3. The summed E-state index contributed by atoms with van der Waals surface area (Å²) in [5, 5.41) is 12.3. The van der Waals surface area contributed by atoms with Gasteiger partial charge in [-0.05, 0) is 17.7 Å². The Labute approximate surface area is 113 Å². The fraction of sp³-hybridized carbons (Fsp3) is 0.462. The van der Waals surface area contributed by atoms with Crippen LogP contribution in [-0.2, 0) is 6.18 Å². The fourth-order valence-corrected chi connectivity index (χ4v) is 2.30. The molecule has 0 bridgehead atoms. The van der Waals surface area contributed by atoms with Gasteiger partial charge in [-0.25, -0.2) is 4.39 Å². The van der Waals surface area contributed by atoms with Gasteiger partial charge in [0.1, 0.15) is 11.9 Å². The van der Waals surface area contributed by atoms with E-state index < -0.39 is 23.6 Å². The van der Waals surface area contributed by atoms with Crippen LogP contribution in [0.3, 0.4) is 0 Å². The van der Waals surface area contributed by atoms with Crippen molar-refractivity contribution in [2.75, 3.05) is 26.2 Å². The molecule has 0 amide bonds. The van der Waals surface area contributed by atoms with Crippen LogP contribution in [-0.4, -0.2) is 31.1 Å². The first kappa shape index (κ1) is 14.8. The quantitative estimate of drug-likeness (QED) is 0.848. The Morgan fingerprint density at radius 3 is 2.45 bits per heavy atom. The standard InChI is InChI=1S/C13H13F4N3/c14-9-1-2-10(11(7-9)13(15,16)17)12(8-18)20-5-3-19-4-6-20/h1-2,7,12,19H,3-6H2. The van der Waals surface area contributed by atoms with Gasteiger partial charge < -0.3 is 5.32 Å². The van der Waals surface area contributed by atoms with Gasteiger partial charge in [0.05, 0.1) is 11.6 Å². The number of piperazine rings is 1. The lowest BCUT2D eigenvalue weighted by Crippen LogP contribution is -2.45. The van der Waals surface area contributed by atoms with E-state index in [0.717, 1.165) is 12.1 Å². The molecule has 1 aromatic carbocycles. The van der Waals surface area contributed by atoms with Gasteiger partial charge in [0.25, 0.3) is 0 Å². The zero-order chi connectivity index (χ0) is 14.8. The summed E-state index contributed by atoms with van der Waals surface area (Å²) in [4.78, 5) is 1.67. The summed E-state index contributed by atoms with van der Waals surface area (Å²) in [5.74, 6) is -0.960. The molecule has 1 aliphatic rings. The molecule has 108 valence electrons. The van der Waals surface area contributed by atoms with Crippen LogP contribution >= 0.6 is 0 Å².